The molecule has 1 atom stereocenters. The quantitative estimate of drug-likeness (QED) is 0.713. The van der Waals surface area contributed by atoms with Crippen molar-refractivity contribution in [2.45, 2.75) is 6.42 Å². The second-order valence-electron chi connectivity index (χ2n) is 6.51. The van der Waals surface area contributed by atoms with Crippen molar-refractivity contribution in [3.8, 4) is 17.2 Å². The highest BCUT2D eigenvalue weighted by molar-refractivity contribution is 6.04. The lowest BCUT2D eigenvalue weighted by atomic mass is 9.89. The van der Waals surface area contributed by atoms with Gasteiger partial charge in [-0.1, -0.05) is 0 Å². The Morgan fingerprint density at radius 3 is 2.88 bits per heavy atom. The van der Waals surface area contributed by atoms with Crippen molar-refractivity contribution in [2.75, 3.05) is 25.2 Å². The third-order valence-electron chi connectivity index (χ3n) is 4.84. The molecule has 0 N–H and O–H groups in total. The van der Waals surface area contributed by atoms with E-state index in [2.05, 4.69) is 16.3 Å². The van der Waals surface area contributed by atoms with E-state index in [0.29, 0.717) is 13.0 Å². The Hall–Kier alpha value is -3.18. The fourth-order valence-corrected chi connectivity index (χ4v) is 3.47. The predicted octanol–water partition coefficient (Wildman–Crippen LogP) is 1.63. The molecule has 1 aliphatic heterocycles. The SMILES string of the molecule is COC[C@@]1(C#N)CCN(c2ccnn3cc(-c4cnn(C)c4)cc23)C1=O. The summed E-state index contributed by atoms with van der Waals surface area (Å²) in [5.41, 5.74) is 2.38. The van der Waals surface area contributed by atoms with Gasteiger partial charge >= 0.3 is 0 Å². The normalized spacial score (nSPS) is 20.0. The van der Waals surface area contributed by atoms with E-state index in [0.717, 1.165) is 22.3 Å². The van der Waals surface area contributed by atoms with Crippen LogP contribution >= 0.6 is 0 Å². The Kier molecular flexibility index (Phi) is 3.74. The number of nitrogens with zero attached hydrogens (tertiary/aromatic N) is 6. The van der Waals surface area contributed by atoms with E-state index in [1.54, 1.807) is 32.6 Å². The standard InChI is InChI=1S/C18H18N6O2/c1-22-9-14(8-21-22)13-7-16-15(3-5-20-24(16)10-13)23-6-4-18(11-19,12-26-2)17(23)25/h3,5,7-10H,4,6,12H2,1-2H3/t18-/m0/s1. The summed E-state index contributed by atoms with van der Waals surface area (Å²) in [6.45, 7) is 0.574. The van der Waals surface area contributed by atoms with Gasteiger partial charge in [0.1, 0.15) is 0 Å². The zero-order chi connectivity index (χ0) is 18.3. The van der Waals surface area contributed by atoms with Crippen LogP contribution in [0.15, 0.2) is 36.9 Å². The van der Waals surface area contributed by atoms with Crippen LogP contribution in [-0.2, 0) is 16.6 Å². The van der Waals surface area contributed by atoms with E-state index in [4.69, 9.17) is 4.74 Å². The molecule has 3 aromatic heterocycles. The van der Waals surface area contributed by atoms with Crippen molar-refractivity contribution in [1.82, 2.24) is 19.4 Å². The number of fused-ring (bicyclic) bond motifs is 1. The Balaban J connectivity index is 1.77. The molecule has 1 saturated heterocycles. The van der Waals surface area contributed by atoms with Crippen LogP contribution in [0.4, 0.5) is 5.69 Å². The van der Waals surface area contributed by atoms with Gasteiger partial charge in [0.25, 0.3) is 0 Å². The van der Waals surface area contributed by atoms with E-state index >= 15 is 0 Å². The molecule has 0 spiro atoms. The first-order valence-electron chi connectivity index (χ1n) is 8.26. The van der Waals surface area contributed by atoms with Crippen molar-refractivity contribution >= 4 is 17.1 Å². The average Bonchev–Trinajstić information content (AvgIpc) is 3.33. The molecule has 1 aliphatic rings. The molecule has 0 bridgehead atoms. The topological polar surface area (TPSA) is 88.4 Å². The van der Waals surface area contributed by atoms with Crippen LogP contribution in [-0.4, -0.2) is 45.6 Å². The van der Waals surface area contributed by atoms with Crippen LogP contribution in [0.5, 0.6) is 0 Å². The summed E-state index contributed by atoms with van der Waals surface area (Å²) >= 11 is 0. The van der Waals surface area contributed by atoms with Crippen LogP contribution in [0, 0.1) is 16.7 Å². The maximum atomic E-state index is 13.0. The number of nitriles is 1. The van der Waals surface area contributed by atoms with Crippen LogP contribution in [0.2, 0.25) is 0 Å². The highest BCUT2D eigenvalue weighted by Crippen LogP contribution is 2.37. The molecule has 8 nitrogen and oxygen atoms in total. The van der Waals surface area contributed by atoms with Gasteiger partial charge in [-0.15, -0.1) is 0 Å². The monoisotopic (exact) mass is 350 g/mol. The molecule has 0 unspecified atom stereocenters. The number of rotatable bonds is 4. The highest BCUT2D eigenvalue weighted by atomic mass is 16.5. The number of carbonyl (C=O) groups is 1. The van der Waals surface area contributed by atoms with Gasteiger partial charge < -0.3 is 9.64 Å². The fourth-order valence-electron chi connectivity index (χ4n) is 3.47. The Morgan fingerprint density at radius 1 is 1.35 bits per heavy atom. The Bertz CT molecular complexity index is 1030. The van der Waals surface area contributed by atoms with E-state index in [1.807, 2.05) is 25.5 Å². The lowest BCUT2D eigenvalue weighted by molar-refractivity contribution is -0.125. The third kappa shape index (κ3) is 2.36. The Labute approximate surface area is 150 Å². The summed E-state index contributed by atoms with van der Waals surface area (Å²) in [7, 11) is 3.37. The first-order chi connectivity index (χ1) is 12.6. The second kappa shape index (κ2) is 5.97. The smallest absolute Gasteiger partial charge is 0.249 e. The molecule has 0 aromatic carbocycles. The number of anilines is 1. The molecular weight excluding hydrogens is 332 g/mol. The van der Waals surface area contributed by atoms with Gasteiger partial charge in [-0.2, -0.15) is 15.5 Å². The molecule has 1 amide bonds. The van der Waals surface area contributed by atoms with Gasteiger partial charge in [0.2, 0.25) is 5.91 Å². The molecule has 132 valence electrons. The van der Waals surface area contributed by atoms with Crippen molar-refractivity contribution in [3.63, 3.8) is 0 Å². The molecular formula is C18H18N6O2. The average molecular weight is 350 g/mol. The van der Waals surface area contributed by atoms with Gasteiger partial charge in [0.15, 0.2) is 5.41 Å². The zero-order valence-corrected chi connectivity index (χ0v) is 14.6. The number of aryl methyl sites for hydroxylation is 1. The Morgan fingerprint density at radius 2 is 2.19 bits per heavy atom. The van der Waals surface area contributed by atoms with Gasteiger partial charge in [-0.3, -0.25) is 9.48 Å². The molecule has 4 heterocycles. The van der Waals surface area contributed by atoms with E-state index in [-0.39, 0.29) is 12.5 Å². The minimum Gasteiger partial charge on any atom is -0.382 e. The number of hydrogen-bond acceptors (Lipinski definition) is 5. The minimum atomic E-state index is -1.12. The van der Waals surface area contributed by atoms with E-state index in [1.165, 1.54) is 7.11 Å². The van der Waals surface area contributed by atoms with Crippen molar-refractivity contribution < 1.29 is 9.53 Å². The molecule has 0 radical (unpaired) electrons. The van der Waals surface area contributed by atoms with Crippen LogP contribution in [0.25, 0.3) is 16.6 Å². The number of hydrogen-bond donors (Lipinski definition) is 0. The summed E-state index contributed by atoms with van der Waals surface area (Å²) in [5, 5.41) is 18.1. The number of amides is 1. The van der Waals surface area contributed by atoms with Gasteiger partial charge in [-0.25, -0.2) is 4.52 Å². The second-order valence-corrected chi connectivity index (χ2v) is 6.51. The predicted molar refractivity (Wildman–Crippen MR) is 94.3 cm³/mol. The van der Waals surface area contributed by atoms with Crippen LogP contribution < -0.4 is 4.90 Å². The zero-order valence-electron chi connectivity index (χ0n) is 14.6. The van der Waals surface area contributed by atoms with Gasteiger partial charge in [0.05, 0.1) is 30.1 Å². The largest absolute Gasteiger partial charge is 0.382 e. The highest BCUT2D eigenvalue weighted by Gasteiger charge is 2.48. The number of carbonyl (C=O) groups excluding carboxylic acids is 1. The van der Waals surface area contributed by atoms with Gasteiger partial charge in [-0.05, 0) is 18.6 Å². The summed E-state index contributed by atoms with van der Waals surface area (Å²) < 4.78 is 8.61. The first-order valence-corrected chi connectivity index (χ1v) is 8.26. The first kappa shape index (κ1) is 16.3. The molecule has 0 saturated carbocycles. The molecule has 26 heavy (non-hydrogen) atoms. The minimum absolute atomic E-state index is 0.0994. The molecule has 0 aliphatic carbocycles. The molecule has 3 aromatic rings. The van der Waals surface area contributed by atoms with Crippen LogP contribution in [0.3, 0.4) is 0 Å². The summed E-state index contributed by atoms with van der Waals surface area (Å²) in [5.74, 6) is -0.223. The van der Waals surface area contributed by atoms with E-state index < -0.39 is 5.41 Å². The van der Waals surface area contributed by atoms with E-state index in [9.17, 15) is 10.1 Å². The summed E-state index contributed by atoms with van der Waals surface area (Å²) in [4.78, 5) is 14.6. The molecule has 8 heteroatoms. The fraction of sp³-hybridized carbons (Fsp3) is 0.333. The lowest BCUT2D eigenvalue weighted by Crippen LogP contribution is -2.37. The number of ether oxygens (including phenoxy) is 1. The summed E-state index contributed by atoms with van der Waals surface area (Å²) in [6.07, 6.45) is 7.72. The van der Waals surface area contributed by atoms with Crippen LogP contribution in [0.1, 0.15) is 6.42 Å². The number of aromatic nitrogens is 4. The van der Waals surface area contributed by atoms with Crippen molar-refractivity contribution in [1.29, 1.82) is 5.26 Å². The maximum Gasteiger partial charge on any atom is 0.249 e. The lowest BCUT2D eigenvalue weighted by Gasteiger charge is -2.21. The molecule has 4 rings (SSSR count). The maximum absolute atomic E-state index is 13.0. The number of methoxy groups -OCH3 is 1. The van der Waals surface area contributed by atoms with Crippen molar-refractivity contribution in [3.05, 3.63) is 36.9 Å². The summed E-state index contributed by atoms with van der Waals surface area (Å²) in [6, 6.07) is 5.95. The third-order valence-corrected chi connectivity index (χ3v) is 4.84. The molecule has 1 fully saturated rings. The van der Waals surface area contributed by atoms with Crippen molar-refractivity contribution in [2.24, 2.45) is 12.5 Å². The van der Waals surface area contributed by atoms with Gasteiger partial charge in [0, 0.05) is 50.4 Å².